The Hall–Kier alpha value is -1.71. The van der Waals surface area contributed by atoms with E-state index >= 15 is 0 Å². The first-order valence-electron chi connectivity index (χ1n) is 4.40. The molecule has 0 saturated heterocycles. The van der Waals surface area contributed by atoms with Crippen molar-refractivity contribution in [1.29, 1.82) is 0 Å². The van der Waals surface area contributed by atoms with Crippen LogP contribution in [0.2, 0.25) is 0 Å². The molecule has 3 N–H and O–H groups in total. The summed E-state index contributed by atoms with van der Waals surface area (Å²) in [6.45, 7) is 0.462. The average molecular weight is 193 g/mol. The molecular weight excluding hydrogens is 178 g/mol. The molecule has 14 heavy (non-hydrogen) atoms. The number of primary amides is 1. The van der Waals surface area contributed by atoms with Gasteiger partial charge in [-0.3, -0.25) is 0 Å². The number of benzene rings is 1. The first kappa shape index (κ1) is 10.4. The smallest absolute Gasteiger partial charge is 0.312 e. The minimum Gasteiger partial charge on any atom is -0.377 e. The lowest BCUT2D eigenvalue weighted by Crippen LogP contribution is -2.29. The van der Waals surface area contributed by atoms with Crippen LogP contribution in [0, 0.1) is 0 Å². The van der Waals surface area contributed by atoms with Crippen molar-refractivity contribution in [2.24, 2.45) is 5.73 Å². The second kappa shape index (κ2) is 4.50. The lowest BCUT2D eigenvalue weighted by molar-refractivity contribution is 0.248. The number of carbonyl (C=O) groups is 1. The predicted octanol–water partition coefficient (Wildman–Crippen LogP) is 0.921. The Bertz CT molecular complexity index is 323. The van der Waals surface area contributed by atoms with Crippen LogP contribution in [0.1, 0.15) is 5.56 Å². The van der Waals surface area contributed by atoms with Gasteiger partial charge in [-0.1, -0.05) is 18.2 Å². The third kappa shape index (κ3) is 2.65. The highest BCUT2D eigenvalue weighted by molar-refractivity contribution is 5.72. The van der Waals surface area contributed by atoms with Gasteiger partial charge in [0.2, 0.25) is 0 Å². The zero-order valence-corrected chi connectivity index (χ0v) is 8.45. The molecule has 0 aliphatic heterocycles. The molecule has 0 unspecified atom stereocenters. The molecule has 0 saturated carbocycles. The number of rotatable bonds is 3. The summed E-state index contributed by atoms with van der Waals surface area (Å²) in [4.78, 5) is 12.5. The Kier molecular flexibility index (Phi) is 3.34. The van der Waals surface area contributed by atoms with Gasteiger partial charge in [0.1, 0.15) is 0 Å². The molecule has 0 bridgehead atoms. The van der Waals surface area contributed by atoms with Gasteiger partial charge < -0.3 is 16.0 Å². The number of urea groups is 1. The highest BCUT2D eigenvalue weighted by Gasteiger charge is 2.03. The van der Waals surface area contributed by atoms with Crippen molar-refractivity contribution in [2.45, 2.75) is 6.54 Å². The van der Waals surface area contributed by atoms with Crippen LogP contribution in [0.4, 0.5) is 10.5 Å². The molecule has 76 valence electrons. The maximum absolute atomic E-state index is 10.6. The standard InChI is InChI=1S/C10H15N3O/c1-13(2)9-6-4-3-5-8(9)7-12-10(11)14/h3-6H,7H2,1-2H3,(H3,11,12,14). The fourth-order valence-corrected chi connectivity index (χ4v) is 1.28. The molecule has 0 atom stereocenters. The summed E-state index contributed by atoms with van der Waals surface area (Å²) in [6.07, 6.45) is 0. The molecule has 2 amide bonds. The van der Waals surface area contributed by atoms with Crippen molar-refractivity contribution >= 4 is 11.7 Å². The molecule has 4 heteroatoms. The molecule has 0 aliphatic rings. The Morgan fingerprint density at radius 2 is 2.07 bits per heavy atom. The topological polar surface area (TPSA) is 58.4 Å². The molecule has 0 radical (unpaired) electrons. The highest BCUT2D eigenvalue weighted by Crippen LogP contribution is 2.17. The first-order chi connectivity index (χ1) is 6.61. The SMILES string of the molecule is CN(C)c1ccccc1CNC(N)=O. The van der Waals surface area contributed by atoms with E-state index in [-0.39, 0.29) is 0 Å². The first-order valence-corrected chi connectivity index (χ1v) is 4.40. The molecule has 4 nitrogen and oxygen atoms in total. The maximum atomic E-state index is 10.6. The van der Waals surface area contributed by atoms with Crippen molar-refractivity contribution in [3.8, 4) is 0 Å². The number of hydrogen-bond donors (Lipinski definition) is 2. The summed E-state index contributed by atoms with van der Waals surface area (Å²) in [5.41, 5.74) is 7.14. The van der Waals surface area contributed by atoms with Crippen molar-refractivity contribution in [3.63, 3.8) is 0 Å². The molecular formula is C10H15N3O. The molecule has 0 aliphatic carbocycles. The number of para-hydroxylation sites is 1. The second-order valence-corrected chi connectivity index (χ2v) is 3.24. The fraction of sp³-hybridized carbons (Fsp3) is 0.300. The van der Waals surface area contributed by atoms with Crippen LogP contribution in [0.3, 0.4) is 0 Å². The van der Waals surface area contributed by atoms with Gasteiger partial charge in [-0.2, -0.15) is 0 Å². The monoisotopic (exact) mass is 193 g/mol. The van der Waals surface area contributed by atoms with Crippen molar-refractivity contribution in [3.05, 3.63) is 29.8 Å². The zero-order chi connectivity index (χ0) is 10.6. The van der Waals surface area contributed by atoms with E-state index in [0.29, 0.717) is 6.54 Å². The van der Waals surface area contributed by atoms with E-state index in [9.17, 15) is 4.79 Å². The van der Waals surface area contributed by atoms with Crippen molar-refractivity contribution in [1.82, 2.24) is 5.32 Å². The van der Waals surface area contributed by atoms with Gasteiger partial charge in [0.15, 0.2) is 0 Å². The molecule has 0 aromatic heterocycles. The molecule has 0 fully saturated rings. The van der Waals surface area contributed by atoms with Gasteiger partial charge in [-0.05, 0) is 11.6 Å². The quantitative estimate of drug-likeness (QED) is 0.750. The minimum absolute atomic E-state index is 0.462. The number of carbonyl (C=O) groups excluding carboxylic acids is 1. The van der Waals surface area contributed by atoms with E-state index in [4.69, 9.17) is 5.73 Å². The van der Waals surface area contributed by atoms with Crippen LogP contribution in [-0.2, 0) is 6.54 Å². The van der Waals surface area contributed by atoms with Crippen LogP contribution in [-0.4, -0.2) is 20.1 Å². The molecule has 1 rings (SSSR count). The number of anilines is 1. The Morgan fingerprint density at radius 3 is 2.64 bits per heavy atom. The van der Waals surface area contributed by atoms with Crippen LogP contribution >= 0.6 is 0 Å². The number of amides is 2. The van der Waals surface area contributed by atoms with Crippen molar-refractivity contribution < 1.29 is 4.79 Å². The van der Waals surface area contributed by atoms with Gasteiger partial charge in [0.05, 0.1) is 0 Å². The van der Waals surface area contributed by atoms with E-state index in [1.54, 1.807) is 0 Å². The van der Waals surface area contributed by atoms with Crippen LogP contribution in [0.5, 0.6) is 0 Å². The van der Waals surface area contributed by atoms with E-state index < -0.39 is 6.03 Å². The Labute approximate surface area is 83.7 Å². The van der Waals surface area contributed by atoms with Crippen LogP contribution in [0.15, 0.2) is 24.3 Å². The summed E-state index contributed by atoms with van der Waals surface area (Å²) in [5, 5.41) is 2.57. The van der Waals surface area contributed by atoms with Gasteiger partial charge in [-0.25, -0.2) is 4.79 Å². The lowest BCUT2D eigenvalue weighted by Gasteiger charge is -2.17. The molecule has 1 aromatic carbocycles. The molecule has 0 spiro atoms. The average Bonchev–Trinajstić information content (AvgIpc) is 2.15. The van der Waals surface area contributed by atoms with Crippen LogP contribution < -0.4 is 16.0 Å². The Morgan fingerprint density at radius 1 is 1.43 bits per heavy atom. The molecule has 1 aromatic rings. The maximum Gasteiger partial charge on any atom is 0.312 e. The number of nitrogens with one attached hydrogen (secondary N) is 1. The predicted molar refractivity (Wildman–Crippen MR) is 57.2 cm³/mol. The zero-order valence-electron chi connectivity index (χ0n) is 8.45. The Balaban J connectivity index is 2.79. The van der Waals surface area contributed by atoms with E-state index in [1.165, 1.54) is 0 Å². The number of nitrogens with zero attached hydrogens (tertiary/aromatic N) is 1. The van der Waals surface area contributed by atoms with Gasteiger partial charge in [0, 0.05) is 26.3 Å². The highest BCUT2D eigenvalue weighted by atomic mass is 16.2. The number of nitrogens with two attached hydrogens (primary N) is 1. The van der Waals surface area contributed by atoms with Gasteiger partial charge in [0.25, 0.3) is 0 Å². The molecule has 0 heterocycles. The van der Waals surface area contributed by atoms with E-state index in [0.717, 1.165) is 11.3 Å². The fourth-order valence-electron chi connectivity index (χ4n) is 1.28. The summed E-state index contributed by atoms with van der Waals surface area (Å²) in [6, 6.07) is 7.36. The minimum atomic E-state index is -0.501. The normalized spacial score (nSPS) is 9.57. The number of hydrogen-bond acceptors (Lipinski definition) is 2. The lowest BCUT2D eigenvalue weighted by atomic mass is 10.1. The van der Waals surface area contributed by atoms with E-state index in [2.05, 4.69) is 5.32 Å². The second-order valence-electron chi connectivity index (χ2n) is 3.24. The van der Waals surface area contributed by atoms with Crippen molar-refractivity contribution in [2.75, 3.05) is 19.0 Å². The van der Waals surface area contributed by atoms with Gasteiger partial charge >= 0.3 is 6.03 Å². The summed E-state index contributed by atoms with van der Waals surface area (Å²) in [5.74, 6) is 0. The third-order valence-corrected chi connectivity index (χ3v) is 1.93. The van der Waals surface area contributed by atoms with E-state index in [1.807, 2.05) is 43.3 Å². The van der Waals surface area contributed by atoms with Gasteiger partial charge in [-0.15, -0.1) is 0 Å². The third-order valence-electron chi connectivity index (χ3n) is 1.93. The summed E-state index contributed by atoms with van der Waals surface area (Å²) in [7, 11) is 3.92. The summed E-state index contributed by atoms with van der Waals surface area (Å²) >= 11 is 0. The van der Waals surface area contributed by atoms with Crippen LogP contribution in [0.25, 0.3) is 0 Å². The largest absolute Gasteiger partial charge is 0.377 e. The summed E-state index contributed by atoms with van der Waals surface area (Å²) < 4.78 is 0.